The van der Waals surface area contributed by atoms with E-state index < -0.39 is 17.7 Å². The average Bonchev–Trinajstić information content (AvgIpc) is 3.25. The Bertz CT molecular complexity index is 1140. The molecule has 2 nitrogen and oxygen atoms in total. The van der Waals surface area contributed by atoms with E-state index in [-0.39, 0.29) is 17.0 Å². The van der Waals surface area contributed by atoms with Crippen molar-refractivity contribution in [3.8, 4) is 0 Å². The van der Waals surface area contributed by atoms with Gasteiger partial charge in [0.15, 0.2) is 0 Å². The molecule has 3 aromatic rings. The molecule has 0 spiro atoms. The largest absolute Gasteiger partial charge is 0.357 e. The topological polar surface area (TPSA) is 19.0 Å². The smallest absolute Gasteiger partial charge is 0.114 e. The number of aromatic nitrogens is 1. The molecule has 0 saturated heterocycles. The molecular weight excluding hydrogens is 637 g/mol. The molecule has 0 amide bonds. The molecule has 5 rings (SSSR count). The molecule has 0 bridgehead atoms. The summed E-state index contributed by atoms with van der Waals surface area (Å²) in [4.78, 5) is 5.86. The number of hydrogen-bond acceptors (Lipinski definition) is 1. The van der Waals surface area contributed by atoms with E-state index in [1.165, 1.54) is 30.2 Å². The van der Waals surface area contributed by atoms with Crippen LogP contribution in [0.1, 0.15) is 62.0 Å². The predicted octanol–water partition coefficient (Wildman–Crippen LogP) is 6.66. The van der Waals surface area contributed by atoms with E-state index in [4.69, 9.17) is 6.58 Å². The first-order valence-electron chi connectivity index (χ1n) is 11.3. The Kier molecular flexibility index (Phi) is 5.16. The SMILES string of the molecule is [CH-]=Cc1cc(F)c(C2c3[nH]c4ccccc4c3CC(C)N2CC2(CC)CC2C)c(F)c1.[Cm]. The third-order valence-electron chi connectivity index (χ3n) is 7.88. The van der Waals surface area contributed by atoms with Crippen molar-refractivity contribution < 1.29 is 8.78 Å². The van der Waals surface area contributed by atoms with E-state index in [1.807, 2.05) is 18.2 Å². The number of H-pyrrole nitrogens is 1. The number of hydrogen-bond donors (Lipinski definition) is 1. The number of para-hydroxylation sites is 1. The molecule has 170 valence electrons. The zero-order chi connectivity index (χ0) is 21.9. The Morgan fingerprint density at radius 1 is 1.19 bits per heavy atom. The van der Waals surface area contributed by atoms with E-state index in [2.05, 4.69) is 36.7 Å². The van der Waals surface area contributed by atoms with E-state index >= 15 is 8.78 Å². The van der Waals surface area contributed by atoms with Gasteiger partial charge >= 0.3 is 0 Å². The zero-order valence-corrected chi connectivity index (χ0v) is 21.7. The van der Waals surface area contributed by atoms with Gasteiger partial charge in [-0.15, -0.1) is 12.1 Å². The Hall–Kier alpha value is -3.46. The van der Waals surface area contributed by atoms with Crippen LogP contribution in [0.5, 0.6) is 0 Å². The van der Waals surface area contributed by atoms with Crippen molar-refractivity contribution >= 4 is 17.0 Å². The normalized spacial score (nSPS) is 27.1. The number of nitrogens with one attached hydrogen (secondary N) is 1. The van der Waals surface area contributed by atoms with E-state index in [9.17, 15) is 0 Å². The Morgan fingerprint density at radius 3 is 2.44 bits per heavy atom. The average molecular weight is 667 g/mol. The summed E-state index contributed by atoms with van der Waals surface area (Å²) in [5.41, 5.74) is 3.81. The van der Waals surface area contributed by atoms with Crippen LogP contribution in [0.25, 0.3) is 17.0 Å². The molecule has 1 N–H and O–H groups in total. The van der Waals surface area contributed by atoms with Crippen LogP contribution in [0.15, 0.2) is 36.4 Å². The zero-order valence-electron chi connectivity index (χ0n) is 18.7. The van der Waals surface area contributed by atoms with Crippen molar-refractivity contribution in [2.45, 2.75) is 52.1 Å². The summed E-state index contributed by atoms with van der Waals surface area (Å²) in [5.74, 6) is -0.446. The molecule has 1 fully saturated rings. The molecule has 0 radical (unpaired) electrons. The maximum atomic E-state index is 15.4. The number of rotatable bonds is 5. The third-order valence-corrected chi connectivity index (χ3v) is 7.88. The summed E-state index contributed by atoms with van der Waals surface area (Å²) in [5, 5.41) is 1.15. The van der Waals surface area contributed by atoms with Gasteiger partial charge in [-0.05, 0) is 49.1 Å². The van der Waals surface area contributed by atoms with Crippen molar-refractivity contribution in [1.82, 2.24) is 9.88 Å². The molecule has 32 heavy (non-hydrogen) atoms. The summed E-state index contributed by atoms with van der Waals surface area (Å²) < 4.78 is 30.8. The van der Waals surface area contributed by atoms with Gasteiger partial charge in [-0.3, -0.25) is 11.5 Å². The van der Waals surface area contributed by atoms with Crippen molar-refractivity contribution in [3.63, 3.8) is 0 Å². The van der Waals surface area contributed by atoms with Crippen LogP contribution in [-0.2, 0) is 6.42 Å². The van der Waals surface area contributed by atoms with Gasteiger partial charge < -0.3 is 4.98 Å². The van der Waals surface area contributed by atoms with Gasteiger partial charge in [0.2, 0.25) is 0 Å². The van der Waals surface area contributed by atoms with Crippen molar-refractivity contribution in [2.75, 3.05) is 6.54 Å². The minimum atomic E-state index is -0.542. The molecule has 1 saturated carbocycles. The van der Waals surface area contributed by atoms with E-state index in [0.717, 1.165) is 36.0 Å². The van der Waals surface area contributed by atoms with Crippen molar-refractivity contribution in [1.29, 1.82) is 0 Å². The van der Waals surface area contributed by atoms with Crippen LogP contribution in [-0.4, -0.2) is 22.5 Å². The van der Waals surface area contributed by atoms with Gasteiger partial charge in [-0.2, -0.15) is 5.56 Å². The Balaban J connectivity index is 0.00000245. The number of benzene rings is 2. The fourth-order valence-electron chi connectivity index (χ4n) is 5.77. The second-order valence-corrected chi connectivity index (χ2v) is 9.58. The van der Waals surface area contributed by atoms with Crippen LogP contribution in [0.2, 0.25) is 0 Å². The summed E-state index contributed by atoms with van der Waals surface area (Å²) in [6, 6.07) is 10.5. The Morgan fingerprint density at radius 2 is 1.84 bits per heavy atom. The molecule has 2 heterocycles. The van der Waals surface area contributed by atoms with E-state index in [1.54, 1.807) is 0 Å². The molecule has 2 aliphatic rings. The fourth-order valence-corrected chi connectivity index (χ4v) is 5.77. The van der Waals surface area contributed by atoms with Gasteiger partial charge in [-0.1, -0.05) is 32.0 Å². The van der Waals surface area contributed by atoms with Gasteiger partial charge in [0.05, 0.1) is 6.04 Å². The van der Waals surface area contributed by atoms with Gasteiger partial charge in [-0.25, -0.2) is 14.9 Å². The molecule has 4 unspecified atom stereocenters. The number of halogens is 2. The molecular formula is C27H29CmF2N2-. The Labute approximate surface area is 183 Å². The first-order chi connectivity index (χ1) is 14.9. The van der Waals surface area contributed by atoms with Gasteiger partial charge in [0.25, 0.3) is 0 Å². The standard InChI is InChI=1S/C27H29F2N2.Cm/c1-5-18-12-21(28)24(22(29)13-18)26-25-20(19-9-7-8-10-23(19)30-25)11-17(4)31(26)15-27(6-2)14-16(27)3;/h1,5,7-10,12-13,16-17,26,30H,6,11,14-15H2,2-4H3;/q-1;. The van der Waals surface area contributed by atoms with Crippen molar-refractivity contribution in [3.05, 3.63) is 77.0 Å². The van der Waals surface area contributed by atoms with Crippen LogP contribution < -0.4 is 0 Å². The van der Waals surface area contributed by atoms with Gasteiger partial charge in [0.1, 0.15) is 11.6 Å². The predicted molar refractivity (Wildman–Crippen MR) is 122 cm³/mol. The third kappa shape index (κ3) is 3.12. The molecule has 4 atom stereocenters. The number of fused-ring (bicyclic) bond motifs is 3. The molecule has 1 aliphatic carbocycles. The first-order valence-corrected chi connectivity index (χ1v) is 11.3. The monoisotopic (exact) mass is 662 g/mol. The quantitative estimate of drug-likeness (QED) is 0.302. The molecule has 2 aromatic carbocycles. The minimum absolute atomic E-state index is 0. The summed E-state index contributed by atoms with van der Waals surface area (Å²) >= 11 is 0. The summed E-state index contributed by atoms with van der Waals surface area (Å²) in [7, 11) is 0. The van der Waals surface area contributed by atoms with E-state index in [0.29, 0.717) is 11.5 Å². The molecule has 1 aromatic heterocycles. The van der Waals surface area contributed by atoms with Crippen LogP contribution in [0, 0.1) is 29.5 Å². The second-order valence-electron chi connectivity index (χ2n) is 9.58. The van der Waals surface area contributed by atoms with Crippen LogP contribution >= 0.6 is 0 Å². The second kappa shape index (κ2) is 7.59. The van der Waals surface area contributed by atoms with Crippen LogP contribution in [0.3, 0.4) is 0 Å². The van der Waals surface area contributed by atoms with Gasteiger partial charge in [0, 0.05) is 34.7 Å². The number of aromatic amines is 1. The van der Waals surface area contributed by atoms with Crippen LogP contribution in [0.4, 0.5) is 8.78 Å². The molecule has 5 heteroatoms. The summed E-state index contributed by atoms with van der Waals surface area (Å²) in [6.07, 6.45) is 4.35. The van der Waals surface area contributed by atoms with Crippen molar-refractivity contribution in [2.24, 2.45) is 11.3 Å². The number of nitrogens with zero attached hydrogens (tertiary/aromatic N) is 1. The fraction of sp³-hybridized carbons (Fsp3) is 0.407. The summed E-state index contributed by atoms with van der Waals surface area (Å²) in [6.45, 7) is 13.1. The maximum Gasteiger partial charge on any atom is 0.114 e. The molecule has 1 aliphatic heterocycles. The minimum Gasteiger partial charge on any atom is -0.357 e. The first kappa shape index (κ1) is 21.8. The maximum absolute atomic E-state index is 15.4.